The van der Waals surface area contributed by atoms with Gasteiger partial charge in [-0.2, -0.15) is 0 Å². The summed E-state index contributed by atoms with van der Waals surface area (Å²) in [5, 5.41) is 4.39. The molecule has 0 aliphatic rings. The molecule has 2 N–H and O–H groups in total. The van der Waals surface area contributed by atoms with Gasteiger partial charge in [0.2, 0.25) is 0 Å². The number of pyridine rings is 1. The number of aromatic nitrogens is 4. The molecule has 25 heavy (non-hydrogen) atoms. The lowest BCUT2D eigenvalue weighted by atomic mass is 10.2. The Balaban J connectivity index is 1.77. The van der Waals surface area contributed by atoms with Gasteiger partial charge in [0, 0.05) is 34.1 Å². The van der Waals surface area contributed by atoms with Crippen LogP contribution >= 0.6 is 11.3 Å². The van der Waals surface area contributed by atoms with E-state index >= 15 is 0 Å². The van der Waals surface area contributed by atoms with E-state index in [0.717, 1.165) is 28.5 Å². The highest BCUT2D eigenvalue weighted by atomic mass is 32.1. The Labute approximate surface area is 150 Å². The third-order valence-corrected chi connectivity index (χ3v) is 5.41. The molecule has 0 amide bonds. The van der Waals surface area contributed by atoms with E-state index in [4.69, 9.17) is 0 Å². The first-order valence-corrected chi connectivity index (χ1v) is 9.04. The van der Waals surface area contributed by atoms with E-state index in [1.54, 1.807) is 24.5 Å². The third-order valence-electron chi connectivity index (χ3n) is 4.09. The lowest BCUT2D eigenvalue weighted by molar-refractivity contribution is 0.860. The van der Waals surface area contributed by atoms with E-state index in [0.29, 0.717) is 11.4 Å². The first-order valence-electron chi connectivity index (χ1n) is 8.23. The Morgan fingerprint density at radius 2 is 2.04 bits per heavy atom. The van der Waals surface area contributed by atoms with Crippen molar-refractivity contribution in [1.82, 2.24) is 19.9 Å². The van der Waals surface area contributed by atoms with Gasteiger partial charge < -0.3 is 10.3 Å². The van der Waals surface area contributed by atoms with Gasteiger partial charge in [-0.15, -0.1) is 11.3 Å². The second kappa shape index (κ2) is 7.14. The van der Waals surface area contributed by atoms with Gasteiger partial charge in [-0.05, 0) is 39.3 Å². The molecule has 0 aliphatic carbocycles. The summed E-state index contributed by atoms with van der Waals surface area (Å²) in [4.78, 5) is 29.3. The third kappa shape index (κ3) is 3.76. The van der Waals surface area contributed by atoms with Crippen LogP contribution in [-0.4, -0.2) is 19.9 Å². The molecule has 3 aromatic rings. The number of hydrogen-bond donors (Lipinski definition) is 2. The van der Waals surface area contributed by atoms with Crippen LogP contribution in [0.3, 0.4) is 0 Å². The Morgan fingerprint density at radius 3 is 2.64 bits per heavy atom. The molecule has 6 nitrogen and oxygen atoms in total. The zero-order valence-corrected chi connectivity index (χ0v) is 15.6. The van der Waals surface area contributed by atoms with Crippen LogP contribution in [-0.2, 0) is 6.42 Å². The molecule has 0 saturated carbocycles. The van der Waals surface area contributed by atoms with Crippen LogP contribution in [0.1, 0.15) is 41.0 Å². The minimum Gasteiger partial charge on any atom is -0.361 e. The highest BCUT2D eigenvalue weighted by Crippen LogP contribution is 2.24. The Kier molecular flexibility index (Phi) is 4.94. The average molecular weight is 355 g/mol. The van der Waals surface area contributed by atoms with Gasteiger partial charge >= 0.3 is 0 Å². The number of aryl methyl sites for hydroxylation is 2. The van der Waals surface area contributed by atoms with Crippen LogP contribution in [0.5, 0.6) is 0 Å². The molecule has 1 unspecified atom stereocenters. The second-order valence-electron chi connectivity index (χ2n) is 5.94. The van der Waals surface area contributed by atoms with E-state index in [-0.39, 0.29) is 11.6 Å². The number of hydrogen-bond acceptors (Lipinski definition) is 6. The fraction of sp³-hybridized carbons (Fsp3) is 0.333. The molecule has 1 atom stereocenters. The number of nitrogens with one attached hydrogen (secondary N) is 2. The van der Waals surface area contributed by atoms with Crippen molar-refractivity contribution in [3.8, 4) is 11.4 Å². The van der Waals surface area contributed by atoms with E-state index in [1.807, 2.05) is 25.3 Å². The molecule has 0 aliphatic heterocycles. The Hall–Kier alpha value is -2.54. The van der Waals surface area contributed by atoms with Gasteiger partial charge in [-0.3, -0.25) is 4.79 Å². The minimum atomic E-state index is -0.117. The fourth-order valence-corrected chi connectivity index (χ4v) is 3.23. The molecular weight excluding hydrogens is 334 g/mol. The Bertz CT molecular complexity index is 929. The Morgan fingerprint density at radius 1 is 1.24 bits per heavy atom. The van der Waals surface area contributed by atoms with Gasteiger partial charge in [-0.25, -0.2) is 15.0 Å². The van der Waals surface area contributed by atoms with Crippen molar-refractivity contribution in [2.75, 3.05) is 5.32 Å². The summed E-state index contributed by atoms with van der Waals surface area (Å²) in [6.07, 6.45) is 4.64. The maximum atomic E-state index is 11.9. The highest BCUT2D eigenvalue weighted by Gasteiger charge is 2.11. The first-order chi connectivity index (χ1) is 12.0. The lowest BCUT2D eigenvalue weighted by Gasteiger charge is -2.12. The van der Waals surface area contributed by atoms with Crippen molar-refractivity contribution in [3.05, 3.63) is 56.0 Å². The van der Waals surface area contributed by atoms with E-state index < -0.39 is 0 Å². The van der Waals surface area contributed by atoms with Crippen molar-refractivity contribution < 1.29 is 0 Å². The molecule has 7 heteroatoms. The molecule has 0 spiro atoms. The molecule has 3 rings (SSSR count). The van der Waals surface area contributed by atoms with Crippen molar-refractivity contribution in [1.29, 1.82) is 0 Å². The topological polar surface area (TPSA) is 83.6 Å². The van der Waals surface area contributed by atoms with E-state index in [1.165, 1.54) is 4.88 Å². The van der Waals surface area contributed by atoms with Crippen molar-refractivity contribution >= 4 is 17.2 Å². The lowest BCUT2D eigenvalue weighted by Crippen LogP contribution is -2.14. The van der Waals surface area contributed by atoms with E-state index in [2.05, 4.69) is 39.1 Å². The first kappa shape index (κ1) is 17.3. The van der Waals surface area contributed by atoms with Crippen LogP contribution in [0.25, 0.3) is 11.4 Å². The standard InChI is InChI=1S/C18H21N5OS/c1-5-14-9-20-18(25-14)12(4)21-15-7-6-13(8-19-15)16-22-11(3)10(2)17(24)23-16/h6-9,12H,5H2,1-4H3,(H,19,21)(H,22,23,24). The molecule has 130 valence electrons. The SMILES string of the molecule is CCc1cnc(C(C)Nc2ccc(-c3nc(C)c(C)c(=O)[nH]3)cn2)s1. The summed E-state index contributed by atoms with van der Waals surface area (Å²) in [6, 6.07) is 3.87. The number of rotatable bonds is 5. The van der Waals surface area contributed by atoms with Crippen molar-refractivity contribution in [2.24, 2.45) is 0 Å². The summed E-state index contributed by atoms with van der Waals surface area (Å²) < 4.78 is 0. The zero-order chi connectivity index (χ0) is 18.0. The predicted octanol–water partition coefficient (Wildman–Crippen LogP) is 3.64. The second-order valence-corrected chi connectivity index (χ2v) is 7.09. The molecule has 3 aromatic heterocycles. The maximum absolute atomic E-state index is 11.9. The van der Waals surface area contributed by atoms with Gasteiger partial charge in [0.25, 0.3) is 5.56 Å². The normalized spacial score (nSPS) is 12.2. The monoisotopic (exact) mass is 355 g/mol. The van der Waals surface area contributed by atoms with Gasteiger partial charge in [0.15, 0.2) is 0 Å². The number of anilines is 1. The van der Waals surface area contributed by atoms with Gasteiger partial charge in [0.05, 0.1) is 6.04 Å². The minimum absolute atomic E-state index is 0.0863. The smallest absolute Gasteiger partial charge is 0.254 e. The van der Waals surface area contributed by atoms with Crippen LogP contribution in [0.2, 0.25) is 0 Å². The summed E-state index contributed by atoms with van der Waals surface area (Å²) in [5.74, 6) is 1.29. The fourth-order valence-electron chi connectivity index (χ4n) is 2.37. The average Bonchev–Trinajstić information content (AvgIpc) is 3.09. The van der Waals surface area contributed by atoms with E-state index in [9.17, 15) is 4.79 Å². The van der Waals surface area contributed by atoms with Crippen LogP contribution in [0.15, 0.2) is 29.3 Å². The quantitative estimate of drug-likeness (QED) is 0.730. The van der Waals surface area contributed by atoms with Crippen LogP contribution in [0.4, 0.5) is 5.82 Å². The molecule has 0 fully saturated rings. The molecular formula is C18H21N5OS. The summed E-state index contributed by atoms with van der Waals surface area (Å²) >= 11 is 1.71. The van der Waals surface area contributed by atoms with Crippen LogP contribution < -0.4 is 10.9 Å². The van der Waals surface area contributed by atoms with Crippen molar-refractivity contribution in [2.45, 2.75) is 40.2 Å². The molecule has 0 saturated heterocycles. The molecule has 0 bridgehead atoms. The maximum Gasteiger partial charge on any atom is 0.254 e. The molecule has 0 radical (unpaired) electrons. The highest BCUT2D eigenvalue weighted by molar-refractivity contribution is 7.11. The molecule has 3 heterocycles. The number of aromatic amines is 1. The summed E-state index contributed by atoms with van der Waals surface area (Å²) in [6.45, 7) is 7.79. The number of thiazole rings is 1. The summed E-state index contributed by atoms with van der Waals surface area (Å²) in [7, 11) is 0. The van der Waals surface area contributed by atoms with Gasteiger partial charge in [-0.1, -0.05) is 6.92 Å². The number of H-pyrrole nitrogens is 1. The van der Waals surface area contributed by atoms with Crippen molar-refractivity contribution in [3.63, 3.8) is 0 Å². The molecule has 0 aromatic carbocycles. The zero-order valence-electron chi connectivity index (χ0n) is 14.8. The largest absolute Gasteiger partial charge is 0.361 e. The van der Waals surface area contributed by atoms with Crippen LogP contribution in [0, 0.1) is 13.8 Å². The van der Waals surface area contributed by atoms with Gasteiger partial charge in [0.1, 0.15) is 16.6 Å². The summed E-state index contributed by atoms with van der Waals surface area (Å²) in [5.41, 5.74) is 2.03. The number of nitrogens with zero attached hydrogens (tertiary/aromatic N) is 3. The predicted molar refractivity (Wildman–Crippen MR) is 101 cm³/mol.